The van der Waals surface area contributed by atoms with Crippen molar-refractivity contribution in [2.24, 2.45) is 0 Å². The van der Waals surface area contributed by atoms with Crippen molar-refractivity contribution in [3.63, 3.8) is 0 Å². The summed E-state index contributed by atoms with van der Waals surface area (Å²) in [6.45, 7) is 4.59. The van der Waals surface area contributed by atoms with E-state index in [2.05, 4.69) is 14.5 Å². The van der Waals surface area contributed by atoms with Crippen LogP contribution in [0, 0.1) is 0 Å². The second kappa shape index (κ2) is 5.50. The number of nitrogens with zero attached hydrogens (tertiary/aromatic N) is 4. The molecule has 1 aliphatic rings. The van der Waals surface area contributed by atoms with Gasteiger partial charge in [0.25, 0.3) is 5.56 Å². The van der Waals surface area contributed by atoms with Crippen LogP contribution in [-0.4, -0.2) is 32.1 Å². The van der Waals surface area contributed by atoms with Crippen LogP contribution < -0.4 is 11.3 Å². The molecule has 106 valence electrons. The lowest BCUT2D eigenvalue weighted by atomic mass is 10.3. The lowest BCUT2D eigenvalue weighted by molar-refractivity contribution is 0.211. The number of pyridine rings is 1. The average molecular weight is 273 g/mol. The number of hydrogen-bond acceptors (Lipinski definition) is 4. The van der Waals surface area contributed by atoms with Gasteiger partial charge in [-0.1, -0.05) is 0 Å². The maximum absolute atomic E-state index is 11.7. The minimum absolute atomic E-state index is 0.00777. The molecule has 0 aliphatic carbocycles. The van der Waals surface area contributed by atoms with Gasteiger partial charge in [-0.15, -0.1) is 0 Å². The highest BCUT2D eigenvalue weighted by atomic mass is 16.1. The van der Waals surface area contributed by atoms with Gasteiger partial charge in [-0.25, -0.2) is 4.98 Å². The Kier molecular flexibility index (Phi) is 3.56. The first-order valence-corrected chi connectivity index (χ1v) is 6.91. The van der Waals surface area contributed by atoms with Gasteiger partial charge in [0, 0.05) is 56.5 Å². The van der Waals surface area contributed by atoms with E-state index in [1.54, 1.807) is 16.8 Å². The first-order valence-electron chi connectivity index (χ1n) is 6.91. The SMILES string of the molecule is Nc1ccc(=O)n(CCCN2CCn3ccnc3C2)c1. The maximum Gasteiger partial charge on any atom is 0.250 e. The van der Waals surface area contributed by atoms with Gasteiger partial charge in [-0.2, -0.15) is 0 Å². The van der Waals surface area contributed by atoms with Crippen LogP contribution in [0.25, 0.3) is 0 Å². The number of fused-ring (bicyclic) bond motifs is 1. The molecule has 0 unspecified atom stereocenters. The van der Waals surface area contributed by atoms with Gasteiger partial charge in [-0.05, 0) is 12.5 Å². The quantitative estimate of drug-likeness (QED) is 0.882. The highest BCUT2D eigenvalue weighted by molar-refractivity contribution is 5.33. The Labute approximate surface area is 117 Å². The number of rotatable bonds is 4. The molecule has 0 bridgehead atoms. The molecule has 0 radical (unpaired) electrons. The van der Waals surface area contributed by atoms with Crippen molar-refractivity contribution in [1.82, 2.24) is 19.0 Å². The van der Waals surface area contributed by atoms with Crippen LogP contribution in [0.3, 0.4) is 0 Å². The Morgan fingerprint density at radius 2 is 2.15 bits per heavy atom. The van der Waals surface area contributed by atoms with Crippen molar-refractivity contribution in [2.45, 2.75) is 26.1 Å². The van der Waals surface area contributed by atoms with E-state index in [9.17, 15) is 4.79 Å². The van der Waals surface area contributed by atoms with Crippen molar-refractivity contribution in [1.29, 1.82) is 0 Å². The van der Waals surface area contributed by atoms with Gasteiger partial charge in [0.2, 0.25) is 0 Å². The molecule has 0 aromatic carbocycles. The van der Waals surface area contributed by atoms with Gasteiger partial charge in [0.05, 0.1) is 6.54 Å². The van der Waals surface area contributed by atoms with E-state index >= 15 is 0 Å². The number of nitrogen functional groups attached to an aromatic ring is 1. The van der Waals surface area contributed by atoms with Gasteiger partial charge in [0.15, 0.2) is 0 Å². The number of aromatic nitrogens is 3. The minimum Gasteiger partial charge on any atom is -0.398 e. The third kappa shape index (κ3) is 2.75. The topological polar surface area (TPSA) is 69.1 Å². The summed E-state index contributed by atoms with van der Waals surface area (Å²) in [6.07, 6.45) is 6.53. The fraction of sp³-hybridized carbons (Fsp3) is 0.429. The molecule has 2 aromatic rings. The zero-order valence-electron chi connectivity index (χ0n) is 11.4. The normalized spacial score (nSPS) is 15.2. The molecule has 0 atom stereocenters. The molecule has 1 aliphatic heterocycles. The molecule has 0 fully saturated rings. The van der Waals surface area contributed by atoms with E-state index in [0.717, 1.165) is 38.4 Å². The number of aryl methyl sites for hydroxylation is 1. The molecule has 2 N–H and O–H groups in total. The molecule has 0 spiro atoms. The van der Waals surface area contributed by atoms with Crippen molar-refractivity contribution in [3.8, 4) is 0 Å². The van der Waals surface area contributed by atoms with Crippen LogP contribution in [0.5, 0.6) is 0 Å². The summed E-state index contributed by atoms with van der Waals surface area (Å²) in [4.78, 5) is 18.4. The fourth-order valence-corrected chi connectivity index (χ4v) is 2.60. The first-order chi connectivity index (χ1) is 9.72. The Morgan fingerprint density at radius 1 is 1.25 bits per heavy atom. The van der Waals surface area contributed by atoms with Gasteiger partial charge >= 0.3 is 0 Å². The second-order valence-corrected chi connectivity index (χ2v) is 5.16. The second-order valence-electron chi connectivity index (χ2n) is 5.16. The van der Waals surface area contributed by atoms with Crippen LogP contribution in [0.4, 0.5) is 5.69 Å². The van der Waals surface area contributed by atoms with Crippen LogP contribution in [0.1, 0.15) is 12.2 Å². The summed E-state index contributed by atoms with van der Waals surface area (Å²) >= 11 is 0. The van der Waals surface area contributed by atoms with E-state index < -0.39 is 0 Å². The molecule has 0 saturated carbocycles. The molecule has 6 nitrogen and oxygen atoms in total. The molecule has 20 heavy (non-hydrogen) atoms. The molecular formula is C14H19N5O. The highest BCUT2D eigenvalue weighted by Crippen LogP contribution is 2.10. The molecule has 0 saturated heterocycles. The zero-order chi connectivity index (χ0) is 13.9. The molecular weight excluding hydrogens is 254 g/mol. The fourth-order valence-electron chi connectivity index (χ4n) is 2.60. The predicted octanol–water partition coefficient (Wildman–Crippen LogP) is 0.533. The van der Waals surface area contributed by atoms with E-state index in [1.807, 2.05) is 12.4 Å². The van der Waals surface area contributed by atoms with Crippen LogP contribution in [0.2, 0.25) is 0 Å². The molecule has 0 amide bonds. The van der Waals surface area contributed by atoms with Crippen molar-refractivity contribution in [3.05, 3.63) is 46.9 Å². The van der Waals surface area contributed by atoms with E-state index in [-0.39, 0.29) is 5.56 Å². The monoisotopic (exact) mass is 273 g/mol. The largest absolute Gasteiger partial charge is 0.398 e. The summed E-state index contributed by atoms with van der Waals surface area (Å²) in [5.41, 5.74) is 6.34. The maximum atomic E-state index is 11.7. The van der Waals surface area contributed by atoms with Crippen LogP contribution in [0.15, 0.2) is 35.5 Å². The smallest absolute Gasteiger partial charge is 0.250 e. The van der Waals surface area contributed by atoms with E-state index in [4.69, 9.17) is 5.73 Å². The van der Waals surface area contributed by atoms with Crippen LogP contribution >= 0.6 is 0 Å². The van der Waals surface area contributed by atoms with Crippen LogP contribution in [-0.2, 0) is 19.6 Å². The zero-order valence-corrected chi connectivity index (χ0v) is 11.4. The van der Waals surface area contributed by atoms with Crippen molar-refractivity contribution in [2.75, 3.05) is 18.8 Å². The number of imidazole rings is 1. The standard InChI is InChI=1S/C14H19N5O/c15-12-2-3-14(20)19(10-12)6-1-5-17-8-9-18-7-4-16-13(18)11-17/h2-4,7,10H,1,5-6,8-9,11,15H2. The highest BCUT2D eigenvalue weighted by Gasteiger charge is 2.15. The predicted molar refractivity (Wildman–Crippen MR) is 77.2 cm³/mol. The van der Waals surface area contributed by atoms with Crippen molar-refractivity contribution >= 4 is 5.69 Å². The lowest BCUT2D eigenvalue weighted by Gasteiger charge is -2.27. The Balaban J connectivity index is 1.54. The molecule has 3 rings (SSSR count). The first kappa shape index (κ1) is 12.9. The van der Waals surface area contributed by atoms with E-state index in [1.165, 1.54) is 6.07 Å². The Bertz CT molecular complexity index is 645. The Hall–Kier alpha value is -2.08. The summed E-state index contributed by atoms with van der Waals surface area (Å²) < 4.78 is 3.87. The lowest BCUT2D eigenvalue weighted by Crippen LogP contribution is -2.35. The summed E-state index contributed by atoms with van der Waals surface area (Å²) in [6, 6.07) is 3.16. The molecule has 6 heteroatoms. The minimum atomic E-state index is 0.00777. The number of anilines is 1. The number of nitrogens with two attached hydrogens (primary N) is 1. The summed E-state index contributed by atoms with van der Waals surface area (Å²) in [5.74, 6) is 1.12. The Morgan fingerprint density at radius 3 is 3.05 bits per heavy atom. The third-order valence-corrected chi connectivity index (χ3v) is 3.70. The molecule has 3 heterocycles. The third-order valence-electron chi connectivity index (χ3n) is 3.70. The number of hydrogen-bond donors (Lipinski definition) is 1. The molecule has 2 aromatic heterocycles. The van der Waals surface area contributed by atoms with Gasteiger partial charge in [0.1, 0.15) is 5.82 Å². The summed E-state index contributed by atoms with van der Waals surface area (Å²) in [5, 5.41) is 0. The van der Waals surface area contributed by atoms with Gasteiger partial charge in [-0.3, -0.25) is 9.69 Å². The van der Waals surface area contributed by atoms with Gasteiger partial charge < -0.3 is 14.9 Å². The van der Waals surface area contributed by atoms with E-state index in [0.29, 0.717) is 12.2 Å². The van der Waals surface area contributed by atoms with Crippen molar-refractivity contribution < 1.29 is 0 Å². The summed E-state index contributed by atoms with van der Waals surface area (Å²) in [7, 11) is 0. The average Bonchev–Trinajstić information content (AvgIpc) is 2.90.